The van der Waals surface area contributed by atoms with E-state index in [0.29, 0.717) is 23.7 Å². The molecule has 1 aliphatic rings. The predicted octanol–water partition coefficient (Wildman–Crippen LogP) is 3.34. The monoisotopic (exact) mass is 418 g/mol. The molecule has 0 aromatic heterocycles. The third-order valence-electron chi connectivity index (χ3n) is 4.71. The van der Waals surface area contributed by atoms with Gasteiger partial charge >= 0.3 is 0 Å². The number of methoxy groups -OCH3 is 1. The molecule has 0 spiro atoms. The molecule has 1 heterocycles. The molecule has 3 aromatic rings. The molecule has 30 heavy (non-hydrogen) atoms. The van der Waals surface area contributed by atoms with Crippen LogP contribution in [0.15, 0.2) is 66.2 Å². The van der Waals surface area contributed by atoms with E-state index in [4.69, 9.17) is 21.7 Å². The van der Waals surface area contributed by atoms with E-state index in [-0.39, 0.29) is 10.7 Å². The van der Waals surface area contributed by atoms with Crippen LogP contribution in [0, 0.1) is 0 Å². The minimum Gasteiger partial charge on any atom is -0.493 e. The van der Waals surface area contributed by atoms with Crippen molar-refractivity contribution < 1.29 is 19.1 Å². The molecule has 0 saturated carbocycles. The van der Waals surface area contributed by atoms with Crippen molar-refractivity contribution in [2.45, 2.75) is 6.61 Å². The Morgan fingerprint density at radius 3 is 2.43 bits per heavy atom. The lowest BCUT2D eigenvalue weighted by atomic mass is 10.1. The number of rotatable bonds is 5. The van der Waals surface area contributed by atoms with Gasteiger partial charge in [0, 0.05) is 0 Å². The Morgan fingerprint density at radius 2 is 1.67 bits per heavy atom. The standard InChI is InChI=1S/C23H18N2O4S/c1-28-19-10-9-14(11-18-21(26)24-23(30)25-22(18)27)12-20(19)29-13-16-7-4-6-15-5-2-3-8-17(15)16/h2-12H,13H2,1H3,(H2,24,25,26,27,30). The molecule has 6 nitrogen and oxygen atoms in total. The fourth-order valence-corrected chi connectivity index (χ4v) is 3.43. The number of nitrogens with one attached hydrogen (secondary N) is 2. The molecule has 1 saturated heterocycles. The van der Waals surface area contributed by atoms with Gasteiger partial charge in [-0.05, 0) is 52.3 Å². The van der Waals surface area contributed by atoms with Gasteiger partial charge in [-0.1, -0.05) is 48.5 Å². The summed E-state index contributed by atoms with van der Waals surface area (Å²) in [5.41, 5.74) is 1.63. The van der Waals surface area contributed by atoms with Crippen molar-refractivity contribution in [2.24, 2.45) is 0 Å². The summed E-state index contributed by atoms with van der Waals surface area (Å²) >= 11 is 4.82. The molecular weight excluding hydrogens is 400 g/mol. The van der Waals surface area contributed by atoms with E-state index in [2.05, 4.69) is 28.8 Å². The van der Waals surface area contributed by atoms with Gasteiger partial charge in [0.25, 0.3) is 11.8 Å². The van der Waals surface area contributed by atoms with Crippen LogP contribution in [-0.2, 0) is 16.2 Å². The van der Waals surface area contributed by atoms with Crippen LogP contribution in [0.3, 0.4) is 0 Å². The predicted molar refractivity (Wildman–Crippen MR) is 118 cm³/mol. The summed E-state index contributed by atoms with van der Waals surface area (Å²) in [5, 5.41) is 7.08. The Kier molecular flexibility index (Phi) is 5.45. The highest BCUT2D eigenvalue weighted by Gasteiger charge is 2.25. The van der Waals surface area contributed by atoms with Crippen molar-refractivity contribution >= 4 is 46.0 Å². The zero-order valence-electron chi connectivity index (χ0n) is 16.1. The highest BCUT2D eigenvalue weighted by Crippen LogP contribution is 2.30. The Hall–Kier alpha value is -3.71. The van der Waals surface area contributed by atoms with E-state index in [1.807, 2.05) is 24.3 Å². The van der Waals surface area contributed by atoms with Gasteiger partial charge in [0.15, 0.2) is 16.6 Å². The number of benzene rings is 3. The molecular formula is C23H18N2O4S. The van der Waals surface area contributed by atoms with Crippen LogP contribution in [-0.4, -0.2) is 24.0 Å². The molecule has 0 radical (unpaired) electrons. The highest BCUT2D eigenvalue weighted by atomic mass is 32.1. The minimum absolute atomic E-state index is 0.00371. The second-order valence-electron chi connectivity index (χ2n) is 6.63. The zero-order chi connectivity index (χ0) is 21.1. The third kappa shape index (κ3) is 4.01. The molecule has 1 fully saturated rings. The van der Waals surface area contributed by atoms with Crippen molar-refractivity contribution in [2.75, 3.05) is 7.11 Å². The summed E-state index contributed by atoms with van der Waals surface area (Å²) in [6.45, 7) is 0.340. The number of hydrogen-bond acceptors (Lipinski definition) is 5. The van der Waals surface area contributed by atoms with Gasteiger partial charge in [-0.3, -0.25) is 20.2 Å². The summed E-state index contributed by atoms with van der Waals surface area (Å²) in [7, 11) is 1.56. The van der Waals surface area contributed by atoms with Gasteiger partial charge in [-0.25, -0.2) is 0 Å². The van der Waals surface area contributed by atoms with Crippen molar-refractivity contribution in [1.29, 1.82) is 0 Å². The molecule has 1 aliphatic heterocycles. The summed E-state index contributed by atoms with van der Waals surface area (Å²) < 4.78 is 11.4. The zero-order valence-corrected chi connectivity index (χ0v) is 16.9. The Bertz CT molecular complexity index is 1180. The Balaban J connectivity index is 1.62. The van der Waals surface area contributed by atoms with Crippen LogP contribution < -0.4 is 20.1 Å². The normalized spacial score (nSPS) is 13.6. The first-order valence-corrected chi connectivity index (χ1v) is 9.62. The summed E-state index contributed by atoms with van der Waals surface area (Å²) in [5.74, 6) is -0.0290. The smallest absolute Gasteiger partial charge is 0.263 e. The molecule has 7 heteroatoms. The maximum atomic E-state index is 12.1. The first-order valence-electron chi connectivity index (χ1n) is 9.21. The average Bonchev–Trinajstić information content (AvgIpc) is 2.74. The lowest BCUT2D eigenvalue weighted by Crippen LogP contribution is -2.51. The number of ether oxygens (including phenoxy) is 2. The van der Waals surface area contributed by atoms with Crippen LogP contribution in [0.4, 0.5) is 0 Å². The quantitative estimate of drug-likeness (QED) is 0.378. The van der Waals surface area contributed by atoms with E-state index in [0.717, 1.165) is 16.3 Å². The number of carbonyl (C=O) groups is 2. The highest BCUT2D eigenvalue weighted by molar-refractivity contribution is 7.80. The maximum Gasteiger partial charge on any atom is 0.263 e. The van der Waals surface area contributed by atoms with Gasteiger partial charge in [-0.2, -0.15) is 0 Å². The van der Waals surface area contributed by atoms with Gasteiger partial charge < -0.3 is 9.47 Å². The summed E-state index contributed by atoms with van der Waals surface area (Å²) in [6, 6.07) is 19.3. The molecule has 0 unspecified atom stereocenters. The molecule has 150 valence electrons. The Labute approximate surface area is 178 Å². The number of fused-ring (bicyclic) bond motifs is 1. The van der Waals surface area contributed by atoms with Gasteiger partial charge in [-0.15, -0.1) is 0 Å². The summed E-state index contributed by atoms with van der Waals surface area (Å²) in [4.78, 5) is 24.2. The molecule has 0 bridgehead atoms. The fourth-order valence-electron chi connectivity index (χ4n) is 3.24. The van der Waals surface area contributed by atoms with Crippen molar-refractivity contribution in [3.05, 3.63) is 77.4 Å². The van der Waals surface area contributed by atoms with E-state index in [1.54, 1.807) is 25.3 Å². The second-order valence-corrected chi connectivity index (χ2v) is 7.04. The summed E-state index contributed by atoms with van der Waals surface area (Å²) in [6.07, 6.45) is 1.48. The van der Waals surface area contributed by atoms with Crippen molar-refractivity contribution in [1.82, 2.24) is 10.6 Å². The van der Waals surface area contributed by atoms with E-state index < -0.39 is 11.8 Å². The number of carbonyl (C=O) groups excluding carboxylic acids is 2. The molecule has 3 aromatic carbocycles. The second kappa shape index (κ2) is 8.34. The van der Waals surface area contributed by atoms with Gasteiger partial charge in [0.2, 0.25) is 0 Å². The first-order chi connectivity index (χ1) is 14.5. The first kappa shape index (κ1) is 19.6. The van der Waals surface area contributed by atoms with Crippen LogP contribution in [0.5, 0.6) is 11.5 Å². The van der Waals surface area contributed by atoms with Crippen molar-refractivity contribution in [3.63, 3.8) is 0 Å². The van der Waals surface area contributed by atoms with E-state index in [9.17, 15) is 9.59 Å². The molecule has 4 rings (SSSR count). The topological polar surface area (TPSA) is 76.7 Å². The Morgan fingerprint density at radius 1 is 0.933 bits per heavy atom. The lowest BCUT2D eigenvalue weighted by Gasteiger charge is -2.17. The number of thiocarbonyl (C=S) groups is 1. The van der Waals surface area contributed by atoms with Gasteiger partial charge in [0.05, 0.1) is 7.11 Å². The number of amides is 2. The lowest BCUT2D eigenvalue weighted by molar-refractivity contribution is -0.123. The van der Waals surface area contributed by atoms with Crippen LogP contribution >= 0.6 is 12.2 Å². The van der Waals surface area contributed by atoms with Crippen molar-refractivity contribution in [3.8, 4) is 11.5 Å². The average molecular weight is 418 g/mol. The molecule has 2 N–H and O–H groups in total. The minimum atomic E-state index is -0.544. The van der Waals surface area contributed by atoms with Crippen LogP contribution in [0.2, 0.25) is 0 Å². The molecule has 0 aliphatic carbocycles. The van der Waals surface area contributed by atoms with Gasteiger partial charge in [0.1, 0.15) is 12.2 Å². The number of hydrogen-bond donors (Lipinski definition) is 2. The maximum absolute atomic E-state index is 12.1. The van der Waals surface area contributed by atoms with Crippen LogP contribution in [0.25, 0.3) is 16.8 Å². The molecule has 0 atom stereocenters. The fraction of sp³-hybridized carbons (Fsp3) is 0.0870. The largest absolute Gasteiger partial charge is 0.493 e. The SMILES string of the molecule is COc1ccc(C=C2C(=O)NC(=S)NC2=O)cc1OCc1cccc2ccccc12. The molecule has 2 amide bonds. The van der Waals surface area contributed by atoms with E-state index in [1.165, 1.54) is 6.08 Å². The third-order valence-corrected chi connectivity index (χ3v) is 4.91. The van der Waals surface area contributed by atoms with Crippen LogP contribution in [0.1, 0.15) is 11.1 Å². The van der Waals surface area contributed by atoms with E-state index >= 15 is 0 Å².